The summed E-state index contributed by atoms with van der Waals surface area (Å²) in [6.45, 7) is 10.3. The summed E-state index contributed by atoms with van der Waals surface area (Å²) in [7, 11) is 2.19. The molecule has 5 aliphatic rings. The first-order valence-electron chi connectivity index (χ1n) is 18.3. The Balaban J connectivity index is 1.12. The maximum atomic E-state index is 2.56. The topological polar surface area (TPSA) is 11.4 Å². The molecule has 1 aliphatic heterocycles. The van der Waals surface area contributed by atoms with Gasteiger partial charge in [0, 0.05) is 47.5 Å². The maximum absolute atomic E-state index is 2.56. The number of likely N-dealkylation sites (N-methyl/N-ethyl adjacent to an activating group) is 1. The summed E-state index contributed by atoms with van der Waals surface area (Å²) in [5.41, 5.74) is 16.6. The van der Waals surface area contributed by atoms with Crippen molar-refractivity contribution in [1.29, 1.82) is 0 Å². The number of allylic oxidation sites excluding steroid dienone is 12. The van der Waals surface area contributed by atoms with Crippen LogP contribution < -0.4 is 4.90 Å². The van der Waals surface area contributed by atoms with Crippen LogP contribution in [0.5, 0.6) is 0 Å². The molecule has 0 spiro atoms. The highest BCUT2D eigenvalue weighted by molar-refractivity contribution is 5.85. The van der Waals surface area contributed by atoms with Crippen molar-refractivity contribution in [3.63, 3.8) is 0 Å². The predicted molar refractivity (Wildman–Crippen MR) is 210 cm³/mol. The lowest BCUT2D eigenvalue weighted by Gasteiger charge is -2.35. The SMILES string of the molecule is Cc1c2c(n(C3=CC=CCC3)c1/C=C\C(C)c1ccc(N(C3=CC=CCN3C)c3ccc4c(c3)C(C)(C)C3=C4CCC=C3)cc1)CCC=C2. The summed E-state index contributed by atoms with van der Waals surface area (Å²) < 4.78 is 2.56. The lowest BCUT2D eigenvalue weighted by Crippen LogP contribution is -2.32. The molecule has 0 radical (unpaired) electrons. The molecule has 3 nitrogen and oxygen atoms in total. The molecule has 0 N–H and O–H groups in total. The Morgan fingerprint density at radius 2 is 1.59 bits per heavy atom. The van der Waals surface area contributed by atoms with E-state index in [0.29, 0.717) is 0 Å². The van der Waals surface area contributed by atoms with E-state index < -0.39 is 0 Å². The number of aromatic nitrogens is 1. The minimum atomic E-state index is -0.000359. The molecule has 248 valence electrons. The van der Waals surface area contributed by atoms with Gasteiger partial charge < -0.3 is 9.47 Å². The zero-order chi connectivity index (χ0) is 33.7. The van der Waals surface area contributed by atoms with Gasteiger partial charge in [-0.25, -0.2) is 0 Å². The molecular weight excluding hydrogens is 595 g/mol. The normalized spacial score (nSPS) is 19.6. The van der Waals surface area contributed by atoms with Gasteiger partial charge in [-0.05, 0) is 133 Å². The molecule has 0 bridgehead atoms. The minimum absolute atomic E-state index is 0.000359. The molecule has 49 heavy (non-hydrogen) atoms. The number of hydrogen-bond acceptors (Lipinski definition) is 2. The first-order valence-corrected chi connectivity index (χ1v) is 18.3. The average Bonchev–Trinajstić information content (AvgIpc) is 3.55. The van der Waals surface area contributed by atoms with Gasteiger partial charge in [0.2, 0.25) is 0 Å². The van der Waals surface area contributed by atoms with E-state index in [4.69, 9.17) is 0 Å². The van der Waals surface area contributed by atoms with E-state index in [-0.39, 0.29) is 11.3 Å². The second-order valence-electron chi connectivity index (χ2n) is 14.9. The quantitative estimate of drug-likeness (QED) is 0.254. The number of fused-ring (bicyclic) bond motifs is 3. The van der Waals surface area contributed by atoms with Gasteiger partial charge in [0.15, 0.2) is 0 Å². The minimum Gasteiger partial charge on any atom is -0.357 e. The van der Waals surface area contributed by atoms with Crippen molar-refractivity contribution in [2.75, 3.05) is 18.5 Å². The van der Waals surface area contributed by atoms with Gasteiger partial charge in [-0.1, -0.05) is 93.7 Å². The Bertz CT molecular complexity index is 2050. The van der Waals surface area contributed by atoms with Crippen molar-refractivity contribution in [3.05, 3.63) is 154 Å². The summed E-state index contributed by atoms with van der Waals surface area (Å²) in [6, 6.07) is 16.4. The van der Waals surface area contributed by atoms with Crippen LogP contribution in [0.1, 0.15) is 98.0 Å². The fourth-order valence-electron chi connectivity index (χ4n) is 8.63. The number of rotatable bonds is 7. The number of hydrogen-bond donors (Lipinski definition) is 0. The monoisotopic (exact) mass is 643 g/mol. The van der Waals surface area contributed by atoms with Crippen LogP contribution in [0.25, 0.3) is 23.4 Å². The molecular formula is C46H49N3. The van der Waals surface area contributed by atoms with Gasteiger partial charge in [-0.2, -0.15) is 0 Å². The van der Waals surface area contributed by atoms with E-state index in [1.54, 1.807) is 0 Å². The molecule has 0 amide bonds. The molecule has 4 aliphatic carbocycles. The molecule has 2 aromatic carbocycles. The molecule has 1 atom stereocenters. The number of nitrogens with zero attached hydrogens (tertiary/aromatic N) is 3. The Morgan fingerprint density at radius 1 is 0.837 bits per heavy atom. The molecule has 0 saturated heterocycles. The van der Waals surface area contributed by atoms with E-state index in [1.165, 1.54) is 73.2 Å². The Labute approximate surface area is 293 Å². The lowest BCUT2D eigenvalue weighted by atomic mass is 9.80. The van der Waals surface area contributed by atoms with Gasteiger partial charge >= 0.3 is 0 Å². The third kappa shape index (κ3) is 5.44. The summed E-state index contributed by atoms with van der Waals surface area (Å²) in [5.74, 6) is 1.47. The van der Waals surface area contributed by atoms with Crippen molar-refractivity contribution < 1.29 is 0 Å². The average molecular weight is 644 g/mol. The van der Waals surface area contributed by atoms with Crippen molar-refractivity contribution >= 4 is 34.8 Å². The second-order valence-corrected chi connectivity index (χ2v) is 14.9. The summed E-state index contributed by atoms with van der Waals surface area (Å²) >= 11 is 0. The smallest absolute Gasteiger partial charge is 0.113 e. The van der Waals surface area contributed by atoms with E-state index in [1.807, 2.05) is 0 Å². The predicted octanol–water partition coefficient (Wildman–Crippen LogP) is 11.6. The second kappa shape index (κ2) is 12.6. The third-order valence-corrected chi connectivity index (χ3v) is 11.4. The molecule has 3 heteroatoms. The van der Waals surface area contributed by atoms with Gasteiger partial charge in [0.25, 0.3) is 0 Å². The fourth-order valence-corrected chi connectivity index (χ4v) is 8.63. The molecule has 1 aromatic heterocycles. The Morgan fingerprint density at radius 3 is 2.39 bits per heavy atom. The first kappa shape index (κ1) is 31.5. The van der Waals surface area contributed by atoms with Crippen LogP contribution in [0.15, 0.2) is 115 Å². The maximum Gasteiger partial charge on any atom is 0.113 e. The highest BCUT2D eigenvalue weighted by Crippen LogP contribution is 2.51. The number of anilines is 2. The van der Waals surface area contributed by atoms with Crippen LogP contribution >= 0.6 is 0 Å². The van der Waals surface area contributed by atoms with Crippen molar-refractivity contribution in [3.8, 4) is 0 Å². The van der Waals surface area contributed by atoms with Crippen LogP contribution in [-0.4, -0.2) is 23.1 Å². The molecule has 8 rings (SSSR count). The molecule has 0 fully saturated rings. The van der Waals surface area contributed by atoms with Gasteiger partial charge in [0.1, 0.15) is 5.82 Å². The largest absolute Gasteiger partial charge is 0.357 e. The molecule has 1 unspecified atom stereocenters. The van der Waals surface area contributed by atoms with Crippen LogP contribution in [-0.2, 0) is 11.8 Å². The van der Waals surface area contributed by atoms with E-state index in [2.05, 4.69) is 164 Å². The molecule has 3 aromatic rings. The number of benzene rings is 2. The van der Waals surface area contributed by atoms with Crippen LogP contribution in [0, 0.1) is 6.92 Å². The first-order chi connectivity index (χ1) is 23.8. The molecule has 2 heterocycles. The third-order valence-electron chi connectivity index (χ3n) is 11.4. The van der Waals surface area contributed by atoms with Crippen LogP contribution in [0.3, 0.4) is 0 Å². The van der Waals surface area contributed by atoms with Gasteiger partial charge in [-0.15, -0.1) is 0 Å². The standard InChI is InChI=1S/C46H49N3/c1-32(22-29-43-33(2)38-17-10-12-20-44(38)49(43)35-15-7-6-8-16-35)34-23-25-36(26-24-34)48(45-21-13-14-30-47(45)5)37-27-28-40-39-18-9-11-19-41(39)46(3,4)42(40)31-37/h6-7,10-11,13-15,17,19,21-29,31-32H,8-9,12,16,18,20,30H2,1-5H3/b29-22-. The Hall–Kier alpha value is -4.76. The van der Waals surface area contributed by atoms with E-state index in [0.717, 1.165) is 45.1 Å². The van der Waals surface area contributed by atoms with Crippen LogP contribution in [0.2, 0.25) is 0 Å². The van der Waals surface area contributed by atoms with Gasteiger partial charge in [-0.3, -0.25) is 4.90 Å². The van der Waals surface area contributed by atoms with E-state index >= 15 is 0 Å². The summed E-state index contributed by atoms with van der Waals surface area (Å²) in [6.07, 6.45) is 34.3. The van der Waals surface area contributed by atoms with Crippen molar-refractivity contribution in [1.82, 2.24) is 9.47 Å². The van der Waals surface area contributed by atoms with Gasteiger partial charge in [0.05, 0.1) is 0 Å². The van der Waals surface area contributed by atoms with Crippen LogP contribution in [0.4, 0.5) is 11.4 Å². The highest BCUT2D eigenvalue weighted by atomic mass is 15.3. The lowest BCUT2D eigenvalue weighted by molar-refractivity contribution is 0.450. The highest BCUT2D eigenvalue weighted by Gasteiger charge is 2.37. The summed E-state index contributed by atoms with van der Waals surface area (Å²) in [4.78, 5) is 4.78. The zero-order valence-electron chi connectivity index (χ0n) is 29.8. The van der Waals surface area contributed by atoms with Crippen molar-refractivity contribution in [2.45, 2.75) is 77.6 Å². The van der Waals surface area contributed by atoms with E-state index in [9.17, 15) is 0 Å². The van der Waals surface area contributed by atoms with Crippen molar-refractivity contribution in [2.24, 2.45) is 0 Å². The zero-order valence-corrected chi connectivity index (χ0v) is 29.8. The summed E-state index contributed by atoms with van der Waals surface area (Å²) in [5, 5.41) is 0. The molecule has 0 saturated carbocycles. The Kier molecular flexibility index (Phi) is 8.10. The fraction of sp³-hybridized carbons (Fsp3) is 0.304.